The molecule has 1 atom stereocenters. The highest BCUT2D eigenvalue weighted by Crippen LogP contribution is 2.39. The molecule has 1 aromatic carbocycles. The maximum atomic E-state index is 13.4. The van der Waals surface area contributed by atoms with E-state index in [-0.39, 0.29) is 11.9 Å². The highest BCUT2D eigenvalue weighted by atomic mass is 79.9. The standard InChI is InChI=1S/C24H26BrN7O.C2HF3O2/c1-2-19-24(33)32(15-17-6-8-18(25)9-7-17)21-22(29-19)27-16-28-23(21)31-13-11-30(12-14-31)20-5-3-4-10-26-20;3-2(4,5)1(6)7/h3-10,16,19H,2,11-15H2,1H3,(H,27,28,29);(H,6,7). The first-order chi connectivity index (χ1) is 19.1. The molecule has 4 heterocycles. The van der Waals surface area contributed by atoms with Gasteiger partial charge >= 0.3 is 12.1 Å². The number of carboxylic acid groups (broad SMARTS) is 1. The minimum atomic E-state index is -5.08. The van der Waals surface area contributed by atoms with Gasteiger partial charge in [0.15, 0.2) is 11.6 Å². The van der Waals surface area contributed by atoms with Gasteiger partial charge in [0.05, 0.1) is 6.54 Å². The third-order valence-corrected chi connectivity index (χ3v) is 6.93. The highest BCUT2D eigenvalue weighted by Gasteiger charge is 2.38. The van der Waals surface area contributed by atoms with E-state index in [2.05, 4.69) is 46.0 Å². The second kappa shape index (κ2) is 12.5. The van der Waals surface area contributed by atoms with Crippen molar-refractivity contribution < 1.29 is 27.9 Å². The molecule has 0 spiro atoms. The summed E-state index contributed by atoms with van der Waals surface area (Å²) in [6.45, 7) is 5.74. The van der Waals surface area contributed by atoms with Crippen LogP contribution in [0.25, 0.3) is 0 Å². The lowest BCUT2D eigenvalue weighted by atomic mass is 10.1. The molecule has 1 amide bonds. The Morgan fingerprint density at radius 2 is 1.70 bits per heavy atom. The maximum Gasteiger partial charge on any atom is 0.490 e. The van der Waals surface area contributed by atoms with Gasteiger partial charge in [-0.25, -0.2) is 19.7 Å². The van der Waals surface area contributed by atoms with Gasteiger partial charge in [0.2, 0.25) is 5.91 Å². The molecule has 1 unspecified atom stereocenters. The van der Waals surface area contributed by atoms with Crippen molar-refractivity contribution in [3.63, 3.8) is 0 Å². The van der Waals surface area contributed by atoms with Gasteiger partial charge in [0.1, 0.15) is 23.9 Å². The van der Waals surface area contributed by atoms with E-state index in [1.165, 1.54) is 0 Å². The summed E-state index contributed by atoms with van der Waals surface area (Å²) in [5, 5.41) is 10.5. The highest BCUT2D eigenvalue weighted by molar-refractivity contribution is 9.10. The molecule has 2 aromatic heterocycles. The fourth-order valence-electron chi connectivity index (χ4n) is 4.37. The van der Waals surface area contributed by atoms with Gasteiger partial charge in [-0.1, -0.05) is 41.1 Å². The molecule has 1 saturated heterocycles. The van der Waals surface area contributed by atoms with Crippen LogP contribution >= 0.6 is 15.9 Å². The van der Waals surface area contributed by atoms with Crippen molar-refractivity contribution in [3.8, 4) is 0 Å². The minimum absolute atomic E-state index is 0.0519. The van der Waals surface area contributed by atoms with Crippen LogP contribution in [0.4, 0.5) is 36.3 Å². The number of amides is 1. The molecule has 0 aliphatic carbocycles. The molecule has 212 valence electrons. The first kappa shape index (κ1) is 29.1. The third-order valence-electron chi connectivity index (χ3n) is 6.41. The van der Waals surface area contributed by atoms with E-state index in [0.29, 0.717) is 13.0 Å². The van der Waals surface area contributed by atoms with Crippen molar-refractivity contribution in [1.82, 2.24) is 15.0 Å². The van der Waals surface area contributed by atoms with Gasteiger partial charge in [0.25, 0.3) is 0 Å². The molecule has 10 nitrogen and oxygen atoms in total. The van der Waals surface area contributed by atoms with E-state index < -0.39 is 12.1 Å². The lowest BCUT2D eigenvalue weighted by molar-refractivity contribution is -0.192. The van der Waals surface area contributed by atoms with Crippen LogP contribution in [0, 0.1) is 0 Å². The summed E-state index contributed by atoms with van der Waals surface area (Å²) in [4.78, 5) is 42.3. The molecule has 0 bridgehead atoms. The van der Waals surface area contributed by atoms with Crippen LogP contribution in [0.2, 0.25) is 0 Å². The zero-order valence-corrected chi connectivity index (χ0v) is 23.1. The fraction of sp³-hybridized carbons (Fsp3) is 0.346. The summed E-state index contributed by atoms with van der Waals surface area (Å²) in [5.41, 5.74) is 1.82. The number of hydrogen-bond donors (Lipinski definition) is 2. The largest absolute Gasteiger partial charge is 0.490 e. The van der Waals surface area contributed by atoms with Crippen LogP contribution in [0.1, 0.15) is 18.9 Å². The zero-order chi connectivity index (χ0) is 28.9. The summed E-state index contributed by atoms with van der Waals surface area (Å²) in [6, 6.07) is 13.8. The van der Waals surface area contributed by atoms with Crippen LogP contribution in [0.15, 0.2) is 59.5 Å². The normalized spacial score (nSPS) is 17.0. The predicted octanol–water partition coefficient (Wildman–Crippen LogP) is 4.33. The topological polar surface area (TPSA) is 115 Å². The smallest absolute Gasteiger partial charge is 0.475 e. The Morgan fingerprint density at radius 1 is 1.05 bits per heavy atom. The van der Waals surface area contributed by atoms with Crippen molar-refractivity contribution in [2.75, 3.05) is 46.2 Å². The van der Waals surface area contributed by atoms with Gasteiger partial charge < -0.3 is 20.2 Å². The number of aliphatic carboxylic acids is 1. The van der Waals surface area contributed by atoms with Crippen molar-refractivity contribution >= 4 is 50.9 Å². The van der Waals surface area contributed by atoms with E-state index in [9.17, 15) is 18.0 Å². The monoisotopic (exact) mass is 621 g/mol. The van der Waals surface area contributed by atoms with Gasteiger partial charge in [-0.2, -0.15) is 13.2 Å². The van der Waals surface area contributed by atoms with E-state index in [0.717, 1.165) is 59.4 Å². The molecule has 14 heteroatoms. The molecule has 40 heavy (non-hydrogen) atoms. The minimum Gasteiger partial charge on any atom is -0.475 e. The molecule has 0 radical (unpaired) electrons. The fourth-order valence-corrected chi connectivity index (χ4v) is 4.64. The number of benzene rings is 1. The molecule has 1 fully saturated rings. The number of halogens is 4. The molecular formula is C26H27BrF3N7O3. The van der Waals surface area contributed by atoms with Crippen molar-refractivity contribution in [1.29, 1.82) is 0 Å². The summed E-state index contributed by atoms with van der Waals surface area (Å²) in [5.74, 6) is -0.200. The zero-order valence-electron chi connectivity index (χ0n) is 21.5. The Balaban J connectivity index is 0.000000470. The number of carbonyl (C=O) groups is 2. The SMILES string of the molecule is CCC1Nc2ncnc(N3CCN(c4ccccn4)CC3)c2N(Cc2ccc(Br)cc2)C1=O.O=C(O)C(F)(F)F. The number of alkyl halides is 3. The molecule has 2 N–H and O–H groups in total. The number of fused-ring (bicyclic) bond motifs is 1. The van der Waals surface area contributed by atoms with Crippen molar-refractivity contribution in [2.45, 2.75) is 32.1 Å². The number of anilines is 4. The number of nitrogens with one attached hydrogen (secondary N) is 1. The Labute approximate surface area is 237 Å². The van der Waals surface area contributed by atoms with Crippen LogP contribution in [0.5, 0.6) is 0 Å². The van der Waals surface area contributed by atoms with Gasteiger partial charge in [0, 0.05) is 36.8 Å². The average Bonchev–Trinajstić information content (AvgIpc) is 2.95. The van der Waals surface area contributed by atoms with Crippen LogP contribution < -0.4 is 20.0 Å². The number of piperazine rings is 1. The molecule has 0 saturated carbocycles. The van der Waals surface area contributed by atoms with E-state index in [1.807, 2.05) is 60.5 Å². The van der Waals surface area contributed by atoms with Gasteiger partial charge in [-0.15, -0.1) is 0 Å². The van der Waals surface area contributed by atoms with Crippen LogP contribution in [-0.4, -0.2) is 70.3 Å². The quantitative estimate of drug-likeness (QED) is 0.429. The number of carboxylic acids is 1. The number of rotatable bonds is 5. The lowest BCUT2D eigenvalue weighted by Crippen LogP contribution is -2.50. The third kappa shape index (κ3) is 6.79. The van der Waals surface area contributed by atoms with Gasteiger partial charge in [-0.3, -0.25) is 9.69 Å². The van der Waals surface area contributed by atoms with Crippen molar-refractivity contribution in [2.24, 2.45) is 0 Å². The number of carbonyl (C=O) groups excluding carboxylic acids is 1. The molecule has 2 aliphatic rings. The Hall–Kier alpha value is -3.94. The summed E-state index contributed by atoms with van der Waals surface area (Å²) in [6.07, 6.45) is -0.978. The average molecular weight is 622 g/mol. The Bertz CT molecular complexity index is 1320. The van der Waals surface area contributed by atoms with Crippen LogP contribution in [0.3, 0.4) is 0 Å². The first-order valence-electron chi connectivity index (χ1n) is 12.5. The van der Waals surface area contributed by atoms with E-state index in [1.54, 1.807) is 6.33 Å². The number of aromatic nitrogens is 3. The maximum absolute atomic E-state index is 13.4. The van der Waals surface area contributed by atoms with Crippen LogP contribution in [-0.2, 0) is 16.1 Å². The second-order valence-electron chi connectivity index (χ2n) is 9.02. The molecule has 3 aromatic rings. The van der Waals surface area contributed by atoms with E-state index in [4.69, 9.17) is 9.90 Å². The number of pyridine rings is 1. The van der Waals surface area contributed by atoms with Gasteiger partial charge in [-0.05, 0) is 36.2 Å². The summed E-state index contributed by atoms with van der Waals surface area (Å²) >= 11 is 3.49. The van der Waals surface area contributed by atoms with E-state index >= 15 is 0 Å². The summed E-state index contributed by atoms with van der Waals surface area (Å²) < 4.78 is 32.7. The molecule has 5 rings (SSSR count). The molecule has 2 aliphatic heterocycles. The van der Waals surface area contributed by atoms with Crippen molar-refractivity contribution in [3.05, 3.63) is 65.0 Å². The number of hydrogen-bond acceptors (Lipinski definition) is 8. The number of nitrogens with zero attached hydrogens (tertiary/aromatic N) is 6. The lowest BCUT2D eigenvalue weighted by Gasteiger charge is -2.40. The summed E-state index contributed by atoms with van der Waals surface area (Å²) in [7, 11) is 0. The first-order valence-corrected chi connectivity index (χ1v) is 13.3. The molecular weight excluding hydrogens is 595 g/mol. The Kier molecular flexibility index (Phi) is 9.07. The predicted molar refractivity (Wildman–Crippen MR) is 147 cm³/mol. The second-order valence-corrected chi connectivity index (χ2v) is 9.93. The Morgan fingerprint density at radius 3 is 2.27 bits per heavy atom.